The molecule has 0 bridgehead atoms. The summed E-state index contributed by atoms with van der Waals surface area (Å²) in [4.78, 5) is 0. The van der Waals surface area contributed by atoms with Gasteiger partial charge in [0.05, 0.1) is 6.61 Å². The molecular formula is C17H21F2NO. The standard InChI is InChI=1S/C15H14F2.C2H7NO/c1-2-15(11-5-3-7-13(16)9-11)12-6-4-8-14(17)10-12;3-1-2-4/h3-10,15H,2H2,1H3;4H,1-3H2. The van der Waals surface area contributed by atoms with E-state index in [9.17, 15) is 8.78 Å². The Morgan fingerprint density at radius 1 is 1.00 bits per heavy atom. The van der Waals surface area contributed by atoms with Crippen LogP contribution in [0.4, 0.5) is 8.78 Å². The molecule has 2 aromatic rings. The second-order valence-electron chi connectivity index (χ2n) is 4.58. The van der Waals surface area contributed by atoms with E-state index in [1.54, 1.807) is 12.1 Å². The molecular weight excluding hydrogens is 272 g/mol. The zero-order valence-electron chi connectivity index (χ0n) is 12.1. The van der Waals surface area contributed by atoms with Crippen molar-refractivity contribution in [1.82, 2.24) is 0 Å². The monoisotopic (exact) mass is 293 g/mol. The van der Waals surface area contributed by atoms with Gasteiger partial charge in [-0.25, -0.2) is 8.78 Å². The average molecular weight is 293 g/mol. The first-order valence-electron chi connectivity index (χ1n) is 6.94. The summed E-state index contributed by atoms with van der Waals surface area (Å²) in [7, 11) is 0. The van der Waals surface area contributed by atoms with E-state index in [0.29, 0.717) is 6.54 Å². The van der Waals surface area contributed by atoms with Crippen molar-refractivity contribution in [3.63, 3.8) is 0 Å². The van der Waals surface area contributed by atoms with Gasteiger partial charge in [-0.05, 0) is 41.8 Å². The van der Waals surface area contributed by atoms with E-state index in [1.165, 1.54) is 24.3 Å². The Balaban J connectivity index is 0.000000491. The molecule has 0 fully saturated rings. The molecule has 4 heteroatoms. The number of benzene rings is 2. The largest absolute Gasteiger partial charge is 0.395 e. The first kappa shape index (κ1) is 17.3. The van der Waals surface area contributed by atoms with Crippen LogP contribution in [0.1, 0.15) is 30.4 Å². The lowest BCUT2D eigenvalue weighted by atomic mass is 9.89. The minimum absolute atomic E-state index is 0.0430. The lowest BCUT2D eigenvalue weighted by Crippen LogP contribution is -2.02. The minimum atomic E-state index is -0.252. The third-order valence-corrected chi connectivity index (χ3v) is 3.04. The van der Waals surface area contributed by atoms with Crippen LogP contribution < -0.4 is 5.73 Å². The number of rotatable bonds is 4. The number of halogens is 2. The lowest BCUT2D eigenvalue weighted by Gasteiger charge is -2.16. The lowest BCUT2D eigenvalue weighted by molar-refractivity contribution is 0.306. The summed E-state index contributed by atoms with van der Waals surface area (Å²) < 4.78 is 26.4. The molecule has 0 heterocycles. The van der Waals surface area contributed by atoms with E-state index in [1.807, 2.05) is 19.1 Å². The van der Waals surface area contributed by atoms with Crippen molar-refractivity contribution in [2.45, 2.75) is 19.3 Å². The Hall–Kier alpha value is -1.78. The topological polar surface area (TPSA) is 46.2 Å². The van der Waals surface area contributed by atoms with Gasteiger partial charge >= 0.3 is 0 Å². The van der Waals surface area contributed by atoms with Crippen LogP contribution in [-0.4, -0.2) is 18.3 Å². The number of hydrogen-bond acceptors (Lipinski definition) is 2. The van der Waals surface area contributed by atoms with Crippen LogP contribution in [0.2, 0.25) is 0 Å². The SMILES string of the molecule is CCC(c1cccc(F)c1)c1cccc(F)c1.NCCO. The molecule has 0 aromatic heterocycles. The van der Waals surface area contributed by atoms with Crippen LogP contribution in [0, 0.1) is 11.6 Å². The van der Waals surface area contributed by atoms with Crippen molar-refractivity contribution in [1.29, 1.82) is 0 Å². The molecule has 2 aromatic carbocycles. The maximum Gasteiger partial charge on any atom is 0.123 e. The second-order valence-corrected chi connectivity index (χ2v) is 4.58. The molecule has 0 radical (unpaired) electrons. The van der Waals surface area contributed by atoms with Crippen LogP contribution in [0.3, 0.4) is 0 Å². The molecule has 0 spiro atoms. The molecule has 0 saturated heterocycles. The Bertz CT molecular complexity index is 498. The molecule has 0 aliphatic rings. The van der Waals surface area contributed by atoms with Crippen molar-refractivity contribution in [3.8, 4) is 0 Å². The van der Waals surface area contributed by atoms with E-state index in [2.05, 4.69) is 0 Å². The Kier molecular flexibility index (Phi) is 7.58. The number of aliphatic hydroxyl groups is 1. The van der Waals surface area contributed by atoms with Crippen molar-refractivity contribution >= 4 is 0 Å². The molecule has 0 amide bonds. The highest BCUT2D eigenvalue weighted by Gasteiger charge is 2.13. The zero-order chi connectivity index (χ0) is 15.7. The van der Waals surface area contributed by atoms with Gasteiger partial charge in [-0.15, -0.1) is 0 Å². The fourth-order valence-electron chi connectivity index (χ4n) is 2.11. The first-order valence-corrected chi connectivity index (χ1v) is 6.94. The van der Waals surface area contributed by atoms with Crippen LogP contribution in [0.5, 0.6) is 0 Å². The molecule has 2 rings (SSSR count). The van der Waals surface area contributed by atoms with Crippen LogP contribution >= 0.6 is 0 Å². The van der Waals surface area contributed by atoms with E-state index >= 15 is 0 Å². The fourth-order valence-corrected chi connectivity index (χ4v) is 2.11. The Morgan fingerprint density at radius 3 is 1.71 bits per heavy atom. The van der Waals surface area contributed by atoms with E-state index in [-0.39, 0.29) is 24.2 Å². The van der Waals surface area contributed by atoms with Gasteiger partial charge in [0.25, 0.3) is 0 Å². The number of nitrogens with two attached hydrogens (primary N) is 1. The summed E-state index contributed by atoms with van der Waals surface area (Å²) in [5.41, 5.74) is 6.55. The summed E-state index contributed by atoms with van der Waals surface area (Å²) in [6.45, 7) is 2.49. The van der Waals surface area contributed by atoms with Crippen molar-refractivity contribution in [2.24, 2.45) is 5.73 Å². The van der Waals surface area contributed by atoms with Crippen molar-refractivity contribution < 1.29 is 13.9 Å². The summed E-state index contributed by atoms with van der Waals surface area (Å²) in [6.07, 6.45) is 0.812. The van der Waals surface area contributed by atoms with Crippen LogP contribution in [0.15, 0.2) is 48.5 Å². The second kappa shape index (κ2) is 9.21. The highest BCUT2D eigenvalue weighted by Crippen LogP contribution is 2.28. The van der Waals surface area contributed by atoms with Gasteiger partial charge in [-0.2, -0.15) is 0 Å². The average Bonchev–Trinajstić information content (AvgIpc) is 2.48. The summed E-state index contributed by atoms with van der Waals surface area (Å²) >= 11 is 0. The maximum atomic E-state index is 13.2. The van der Waals surface area contributed by atoms with E-state index in [0.717, 1.165) is 17.5 Å². The molecule has 0 saturated carbocycles. The third-order valence-electron chi connectivity index (χ3n) is 3.04. The zero-order valence-corrected chi connectivity index (χ0v) is 12.1. The van der Waals surface area contributed by atoms with Gasteiger partial charge in [-0.3, -0.25) is 0 Å². The predicted octanol–water partition coefficient (Wildman–Crippen LogP) is 3.44. The molecule has 3 N–H and O–H groups in total. The smallest absolute Gasteiger partial charge is 0.123 e. The minimum Gasteiger partial charge on any atom is -0.395 e. The summed E-state index contributed by atoms with van der Waals surface area (Å²) in [6, 6.07) is 13.0. The fraction of sp³-hybridized carbons (Fsp3) is 0.294. The van der Waals surface area contributed by atoms with Gasteiger partial charge in [-0.1, -0.05) is 31.2 Å². The predicted molar refractivity (Wildman–Crippen MR) is 81.1 cm³/mol. The quantitative estimate of drug-likeness (QED) is 0.907. The van der Waals surface area contributed by atoms with Gasteiger partial charge in [0.2, 0.25) is 0 Å². The van der Waals surface area contributed by atoms with Crippen molar-refractivity contribution in [3.05, 3.63) is 71.3 Å². The Labute approximate surface area is 124 Å². The molecule has 0 atom stereocenters. The maximum absolute atomic E-state index is 13.2. The molecule has 0 aliphatic heterocycles. The molecule has 21 heavy (non-hydrogen) atoms. The third kappa shape index (κ3) is 5.61. The van der Waals surface area contributed by atoms with Crippen LogP contribution in [0.25, 0.3) is 0 Å². The molecule has 0 unspecified atom stereocenters. The van der Waals surface area contributed by atoms with Crippen molar-refractivity contribution in [2.75, 3.05) is 13.2 Å². The number of aliphatic hydroxyl groups excluding tert-OH is 1. The normalized spacial score (nSPS) is 10.2. The van der Waals surface area contributed by atoms with Gasteiger partial charge in [0, 0.05) is 12.5 Å². The first-order chi connectivity index (χ1) is 10.1. The van der Waals surface area contributed by atoms with Gasteiger partial charge in [0.1, 0.15) is 11.6 Å². The van der Waals surface area contributed by atoms with E-state index < -0.39 is 0 Å². The molecule has 0 aliphatic carbocycles. The van der Waals surface area contributed by atoms with E-state index in [4.69, 9.17) is 10.8 Å². The van der Waals surface area contributed by atoms with Crippen LogP contribution in [-0.2, 0) is 0 Å². The highest BCUT2D eigenvalue weighted by atomic mass is 19.1. The highest BCUT2D eigenvalue weighted by molar-refractivity contribution is 5.32. The summed E-state index contributed by atoms with van der Waals surface area (Å²) in [5.74, 6) is -0.462. The number of hydrogen-bond donors (Lipinski definition) is 2. The summed E-state index contributed by atoms with van der Waals surface area (Å²) in [5, 5.41) is 7.75. The van der Waals surface area contributed by atoms with Gasteiger partial charge in [0.15, 0.2) is 0 Å². The molecule has 2 nitrogen and oxygen atoms in total. The Morgan fingerprint density at radius 2 is 1.43 bits per heavy atom. The van der Waals surface area contributed by atoms with Gasteiger partial charge < -0.3 is 10.8 Å². The molecule has 114 valence electrons.